The second-order valence-corrected chi connectivity index (χ2v) is 4.13. The number of benzene rings is 1. The minimum absolute atomic E-state index is 0.155. The first-order valence-electron chi connectivity index (χ1n) is 6.03. The van der Waals surface area contributed by atoms with Crippen LogP contribution in [0, 0.1) is 0 Å². The number of nitrogens with zero attached hydrogens (tertiary/aromatic N) is 5. The van der Waals surface area contributed by atoms with E-state index in [2.05, 4.69) is 25.8 Å². The van der Waals surface area contributed by atoms with E-state index in [0.29, 0.717) is 6.54 Å². The molecule has 2 N–H and O–H groups in total. The fourth-order valence-electron chi connectivity index (χ4n) is 1.80. The van der Waals surface area contributed by atoms with E-state index < -0.39 is 0 Å². The molecule has 0 aliphatic heterocycles. The molecule has 2 heterocycles. The minimum atomic E-state index is 0.155. The van der Waals surface area contributed by atoms with Gasteiger partial charge in [-0.15, -0.1) is 5.10 Å². The third-order valence-corrected chi connectivity index (χ3v) is 2.77. The molecule has 1 aromatic carbocycles. The third-order valence-electron chi connectivity index (χ3n) is 2.77. The maximum atomic E-state index is 9.20. The Balaban J connectivity index is 1.79. The van der Waals surface area contributed by atoms with Crippen LogP contribution in [0.15, 0.2) is 48.9 Å². The van der Waals surface area contributed by atoms with Crippen LogP contribution < -0.4 is 5.32 Å². The highest BCUT2D eigenvalue weighted by molar-refractivity contribution is 5.60. The zero-order chi connectivity index (χ0) is 13.8. The van der Waals surface area contributed by atoms with Gasteiger partial charge >= 0.3 is 0 Å². The summed E-state index contributed by atoms with van der Waals surface area (Å²) in [6, 6.07) is 11.1. The van der Waals surface area contributed by atoms with Crippen molar-refractivity contribution in [2.24, 2.45) is 0 Å². The zero-order valence-electron chi connectivity index (χ0n) is 10.5. The maximum absolute atomic E-state index is 9.20. The highest BCUT2D eigenvalue weighted by atomic mass is 16.3. The lowest BCUT2D eigenvalue weighted by Crippen LogP contribution is -2.05. The molecule has 0 aliphatic rings. The molecule has 20 heavy (non-hydrogen) atoms. The van der Waals surface area contributed by atoms with E-state index in [1.165, 1.54) is 6.20 Å². The molecule has 3 rings (SSSR count). The van der Waals surface area contributed by atoms with Crippen molar-refractivity contribution in [2.75, 3.05) is 5.32 Å². The Morgan fingerprint density at radius 2 is 2.05 bits per heavy atom. The van der Waals surface area contributed by atoms with Crippen LogP contribution in [0.25, 0.3) is 5.69 Å². The molecule has 2 aromatic heterocycles. The van der Waals surface area contributed by atoms with E-state index in [-0.39, 0.29) is 5.75 Å². The molecule has 0 bridgehead atoms. The van der Waals surface area contributed by atoms with Gasteiger partial charge in [-0.25, -0.2) is 0 Å². The van der Waals surface area contributed by atoms with Crippen LogP contribution in [0.5, 0.6) is 5.75 Å². The van der Waals surface area contributed by atoms with E-state index in [9.17, 15) is 5.11 Å². The number of para-hydroxylation sites is 2. The molecule has 0 aliphatic carbocycles. The van der Waals surface area contributed by atoms with Crippen LogP contribution >= 0.6 is 0 Å². The molecule has 7 nitrogen and oxygen atoms in total. The number of rotatable bonds is 4. The Morgan fingerprint density at radius 1 is 1.15 bits per heavy atom. The quantitative estimate of drug-likeness (QED) is 0.743. The summed E-state index contributed by atoms with van der Waals surface area (Å²) in [5.41, 5.74) is 2.58. The van der Waals surface area contributed by atoms with Crippen molar-refractivity contribution in [3.63, 3.8) is 0 Å². The molecule has 0 saturated carbocycles. The van der Waals surface area contributed by atoms with Crippen LogP contribution in [0.2, 0.25) is 0 Å². The van der Waals surface area contributed by atoms with Gasteiger partial charge in [0.05, 0.1) is 29.8 Å². The van der Waals surface area contributed by atoms with Crippen LogP contribution in [0.3, 0.4) is 0 Å². The summed E-state index contributed by atoms with van der Waals surface area (Å²) < 4.78 is 1.59. The first-order valence-corrected chi connectivity index (χ1v) is 6.03. The normalized spacial score (nSPS) is 10.4. The van der Waals surface area contributed by atoms with Crippen molar-refractivity contribution in [1.29, 1.82) is 0 Å². The molecule has 0 amide bonds. The summed E-state index contributed by atoms with van der Waals surface area (Å²) in [6.07, 6.45) is 2.96. The Kier molecular flexibility index (Phi) is 3.24. The van der Waals surface area contributed by atoms with E-state index in [4.69, 9.17) is 0 Å². The SMILES string of the molecule is Oc1ccc(CNc2ccccc2-n2cnnn2)nc1. The Morgan fingerprint density at radius 3 is 2.80 bits per heavy atom. The van der Waals surface area contributed by atoms with Crippen molar-refractivity contribution >= 4 is 5.69 Å². The van der Waals surface area contributed by atoms with Gasteiger partial charge in [-0.05, 0) is 34.7 Å². The number of aromatic nitrogens is 5. The van der Waals surface area contributed by atoms with Gasteiger partial charge in [-0.2, -0.15) is 4.68 Å². The highest BCUT2D eigenvalue weighted by Gasteiger charge is 2.05. The molecule has 0 spiro atoms. The van der Waals surface area contributed by atoms with Crippen molar-refractivity contribution in [1.82, 2.24) is 25.2 Å². The lowest BCUT2D eigenvalue weighted by Gasteiger charge is -2.10. The lowest BCUT2D eigenvalue weighted by molar-refractivity contribution is 0.472. The Hall–Kier alpha value is -2.96. The van der Waals surface area contributed by atoms with Crippen LogP contribution in [0.4, 0.5) is 5.69 Å². The maximum Gasteiger partial charge on any atom is 0.143 e. The van der Waals surface area contributed by atoms with Gasteiger partial charge in [0.1, 0.15) is 12.1 Å². The molecule has 0 fully saturated rings. The van der Waals surface area contributed by atoms with Gasteiger partial charge in [0.2, 0.25) is 0 Å². The Bertz CT molecular complexity index is 680. The predicted octanol–water partition coefficient (Wildman–Crippen LogP) is 1.37. The first kappa shape index (κ1) is 12.1. The second kappa shape index (κ2) is 5.35. The molecule has 7 heteroatoms. The van der Waals surface area contributed by atoms with Gasteiger partial charge in [0.25, 0.3) is 0 Å². The average molecular weight is 268 g/mol. The summed E-state index contributed by atoms with van der Waals surface area (Å²) >= 11 is 0. The van der Waals surface area contributed by atoms with Gasteiger partial charge in [-0.1, -0.05) is 12.1 Å². The third kappa shape index (κ3) is 2.56. The molecule has 0 atom stereocenters. The van der Waals surface area contributed by atoms with Crippen LogP contribution in [-0.2, 0) is 6.54 Å². The van der Waals surface area contributed by atoms with E-state index in [0.717, 1.165) is 17.1 Å². The van der Waals surface area contributed by atoms with E-state index >= 15 is 0 Å². The largest absolute Gasteiger partial charge is 0.506 e. The van der Waals surface area contributed by atoms with Crippen molar-refractivity contribution in [3.8, 4) is 11.4 Å². The minimum Gasteiger partial charge on any atom is -0.506 e. The van der Waals surface area contributed by atoms with Crippen LogP contribution in [-0.4, -0.2) is 30.3 Å². The van der Waals surface area contributed by atoms with Crippen molar-refractivity contribution < 1.29 is 5.11 Å². The smallest absolute Gasteiger partial charge is 0.143 e. The first-order chi connectivity index (χ1) is 9.83. The average Bonchev–Trinajstić information content (AvgIpc) is 3.01. The number of aromatic hydroxyl groups is 1. The number of hydrogen-bond donors (Lipinski definition) is 2. The van der Waals surface area contributed by atoms with Crippen molar-refractivity contribution in [3.05, 3.63) is 54.6 Å². The second-order valence-electron chi connectivity index (χ2n) is 4.13. The van der Waals surface area contributed by atoms with Gasteiger partial charge < -0.3 is 10.4 Å². The number of pyridine rings is 1. The molecular formula is C13H12N6O. The summed E-state index contributed by atoms with van der Waals surface area (Å²) in [5, 5.41) is 23.6. The predicted molar refractivity (Wildman–Crippen MR) is 72.4 cm³/mol. The zero-order valence-corrected chi connectivity index (χ0v) is 10.5. The number of anilines is 1. The van der Waals surface area contributed by atoms with Gasteiger partial charge in [0.15, 0.2) is 0 Å². The number of nitrogens with one attached hydrogen (secondary N) is 1. The lowest BCUT2D eigenvalue weighted by atomic mass is 10.2. The number of hydrogen-bond acceptors (Lipinski definition) is 6. The fourth-order valence-corrected chi connectivity index (χ4v) is 1.80. The standard InChI is InChI=1S/C13H12N6O/c20-11-6-5-10(14-8-11)7-15-12-3-1-2-4-13(12)19-9-16-17-18-19/h1-6,8-9,15,20H,7H2. The fraction of sp³-hybridized carbons (Fsp3) is 0.0769. The topological polar surface area (TPSA) is 88.8 Å². The monoisotopic (exact) mass is 268 g/mol. The number of tetrazole rings is 1. The van der Waals surface area contributed by atoms with E-state index in [1.54, 1.807) is 23.1 Å². The molecular weight excluding hydrogens is 256 g/mol. The molecule has 0 unspecified atom stereocenters. The molecule has 100 valence electrons. The molecule has 0 radical (unpaired) electrons. The molecule has 0 saturated heterocycles. The highest BCUT2D eigenvalue weighted by Crippen LogP contribution is 2.19. The summed E-state index contributed by atoms with van der Waals surface area (Å²) in [6.45, 7) is 0.541. The Labute approximate surface area is 114 Å². The summed E-state index contributed by atoms with van der Waals surface area (Å²) in [7, 11) is 0. The summed E-state index contributed by atoms with van der Waals surface area (Å²) in [4.78, 5) is 4.13. The van der Waals surface area contributed by atoms with Crippen molar-refractivity contribution in [2.45, 2.75) is 6.54 Å². The van der Waals surface area contributed by atoms with Gasteiger partial charge in [0, 0.05) is 0 Å². The van der Waals surface area contributed by atoms with Gasteiger partial charge in [-0.3, -0.25) is 4.98 Å². The summed E-state index contributed by atoms with van der Waals surface area (Å²) in [5.74, 6) is 0.155. The van der Waals surface area contributed by atoms with E-state index in [1.807, 2.05) is 24.3 Å². The molecule has 3 aromatic rings. The van der Waals surface area contributed by atoms with Crippen LogP contribution in [0.1, 0.15) is 5.69 Å².